The maximum Gasteiger partial charge on any atom is 0.241 e. The highest BCUT2D eigenvalue weighted by Crippen LogP contribution is 2.39. The Hall–Kier alpha value is -1.14. The number of anilines is 1. The molecule has 0 radical (unpaired) electrons. The molecule has 2 aliphatic rings. The molecule has 5 nitrogen and oxygen atoms in total. The number of ether oxygens (including phenoxy) is 1. The maximum absolute atomic E-state index is 5.32. The summed E-state index contributed by atoms with van der Waals surface area (Å²) in [6.45, 7) is 0.708. The lowest BCUT2D eigenvalue weighted by molar-refractivity contribution is 0.179. The number of rotatable bonds is 5. The summed E-state index contributed by atoms with van der Waals surface area (Å²) in [6.07, 6.45) is 10.7. The Balaban J connectivity index is 1.66. The smallest absolute Gasteiger partial charge is 0.241 e. The summed E-state index contributed by atoms with van der Waals surface area (Å²) in [5.74, 6) is 1.31. The van der Waals surface area contributed by atoms with E-state index >= 15 is 0 Å². The molecule has 0 aliphatic heterocycles. The molecule has 0 amide bonds. The average molecular weight is 379 g/mol. The number of aromatic nitrogens is 3. The standard InChI is InChI=1S/C17H23BrN4O/c1-23-11-17(7-8-17)20-16-19-10-15-13(18)9-14(22(15)21-16)12-5-3-2-4-6-12/h9-10,12H,2-8,11H2,1H3,(H,20,21). The predicted octanol–water partition coefficient (Wildman–Crippen LogP) is 4.13. The molecule has 2 aliphatic carbocycles. The molecule has 2 aromatic heterocycles. The Kier molecular flexibility index (Phi) is 4.05. The van der Waals surface area contributed by atoms with Crippen molar-refractivity contribution in [1.82, 2.24) is 14.6 Å². The Labute approximate surface area is 144 Å². The molecule has 0 saturated heterocycles. The number of hydrogen-bond donors (Lipinski definition) is 1. The van der Waals surface area contributed by atoms with Gasteiger partial charge in [-0.1, -0.05) is 19.3 Å². The zero-order valence-corrected chi connectivity index (χ0v) is 15.1. The first-order valence-corrected chi connectivity index (χ1v) is 9.31. The minimum atomic E-state index is 0.0395. The van der Waals surface area contributed by atoms with Crippen LogP contribution in [0, 0.1) is 0 Å². The van der Waals surface area contributed by atoms with Crippen molar-refractivity contribution in [3.8, 4) is 0 Å². The second-order valence-electron chi connectivity index (χ2n) is 6.97. The van der Waals surface area contributed by atoms with Crippen LogP contribution in [-0.4, -0.2) is 33.9 Å². The van der Waals surface area contributed by atoms with E-state index in [1.807, 2.05) is 6.20 Å². The van der Waals surface area contributed by atoms with Crippen LogP contribution in [0.25, 0.3) is 5.52 Å². The van der Waals surface area contributed by atoms with Gasteiger partial charge in [0.2, 0.25) is 5.95 Å². The molecule has 2 saturated carbocycles. The summed E-state index contributed by atoms with van der Waals surface area (Å²) >= 11 is 3.67. The lowest BCUT2D eigenvalue weighted by Gasteiger charge is -2.21. The van der Waals surface area contributed by atoms with Crippen LogP contribution in [0.1, 0.15) is 56.6 Å². The number of halogens is 1. The molecule has 0 spiro atoms. The lowest BCUT2D eigenvalue weighted by Crippen LogP contribution is -2.28. The average Bonchev–Trinajstić information content (AvgIpc) is 3.24. The Morgan fingerprint density at radius 3 is 2.83 bits per heavy atom. The molecule has 2 heterocycles. The fourth-order valence-electron chi connectivity index (χ4n) is 3.69. The van der Waals surface area contributed by atoms with Gasteiger partial charge in [0.15, 0.2) is 0 Å². The van der Waals surface area contributed by atoms with Crippen LogP contribution in [0.3, 0.4) is 0 Å². The van der Waals surface area contributed by atoms with Gasteiger partial charge in [-0.05, 0) is 47.7 Å². The maximum atomic E-state index is 5.32. The number of hydrogen-bond acceptors (Lipinski definition) is 4. The first kappa shape index (κ1) is 15.4. The summed E-state index contributed by atoms with van der Waals surface area (Å²) in [6, 6.07) is 2.23. The van der Waals surface area contributed by atoms with E-state index in [0.29, 0.717) is 18.5 Å². The zero-order valence-electron chi connectivity index (χ0n) is 13.5. The molecular weight excluding hydrogens is 356 g/mol. The van der Waals surface area contributed by atoms with E-state index in [1.165, 1.54) is 37.8 Å². The van der Waals surface area contributed by atoms with E-state index in [-0.39, 0.29) is 5.54 Å². The summed E-state index contributed by atoms with van der Waals surface area (Å²) in [4.78, 5) is 4.51. The van der Waals surface area contributed by atoms with E-state index in [2.05, 4.69) is 36.8 Å². The van der Waals surface area contributed by atoms with Gasteiger partial charge in [0.05, 0.1) is 23.9 Å². The van der Waals surface area contributed by atoms with Gasteiger partial charge >= 0.3 is 0 Å². The summed E-state index contributed by atoms with van der Waals surface area (Å²) in [7, 11) is 1.75. The molecule has 4 rings (SSSR count). The van der Waals surface area contributed by atoms with Crippen molar-refractivity contribution >= 4 is 27.4 Å². The fourth-order valence-corrected chi connectivity index (χ4v) is 4.20. The Morgan fingerprint density at radius 2 is 2.13 bits per heavy atom. The van der Waals surface area contributed by atoms with E-state index in [9.17, 15) is 0 Å². The largest absolute Gasteiger partial charge is 0.382 e. The highest BCUT2D eigenvalue weighted by atomic mass is 79.9. The first-order valence-electron chi connectivity index (χ1n) is 8.52. The van der Waals surface area contributed by atoms with E-state index in [4.69, 9.17) is 9.84 Å². The monoisotopic (exact) mass is 378 g/mol. The molecule has 2 fully saturated rings. The van der Waals surface area contributed by atoms with Gasteiger partial charge < -0.3 is 10.1 Å². The molecule has 1 N–H and O–H groups in total. The molecule has 0 atom stereocenters. The summed E-state index contributed by atoms with van der Waals surface area (Å²) in [5, 5.41) is 8.27. The molecule has 23 heavy (non-hydrogen) atoms. The second kappa shape index (κ2) is 6.06. The molecule has 2 aromatic rings. The minimum absolute atomic E-state index is 0.0395. The normalized spacial score (nSPS) is 20.8. The van der Waals surface area contributed by atoms with Crippen molar-refractivity contribution < 1.29 is 4.74 Å². The van der Waals surface area contributed by atoms with Crippen LogP contribution >= 0.6 is 15.9 Å². The molecule has 6 heteroatoms. The van der Waals surface area contributed by atoms with Gasteiger partial charge in [-0.2, -0.15) is 0 Å². The lowest BCUT2D eigenvalue weighted by atomic mass is 9.87. The second-order valence-corrected chi connectivity index (χ2v) is 7.82. The van der Waals surface area contributed by atoms with Gasteiger partial charge in [-0.3, -0.25) is 0 Å². The molecular formula is C17H23BrN4O. The molecule has 0 unspecified atom stereocenters. The van der Waals surface area contributed by atoms with E-state index in [1.54, 1.807) is 7.11 Å². The molecule has 124 valence electrons. The number of nitrogens with zero attached hydrogens (tertiary/aromatic N) is 3. The topological polar surface area (TPSA) is 51.5 Å². The highest BCUT2D eigenvalue weighted by Gasteiger charge is 2.43. The van der Waals surface area contributed by atoms with Crippen LogP contribution in [0.4, 0.5) is 5.95 Å². The quantitative estimate of drug-likeness (QED) is 0.849. The SMILES string of the molecule is COCC1(Nc2ncc3c(Br)cc(C4CCCCC4)n3n2)CC1. The van der Waals surface area contributed by atoms with Crippen molar-refractivity contribution in [3.05, 3.63) is 22.4 Å². The highest BCUT2D eigenvalue weighted by molar-refractivity contribution is 9.10. The number of nitrogens with one attached hydrogen (secondary N) is 1. The third-order valence-electron chi connectivity index (χ3n) is 5.17. The van der Waals surface area contributed by atoms with Crippen LogP contribution < -0.4 is 5.32 Å². The Bertz CT molecular complexity index is 704. The van der Waals surface area contributed by atoms with Gasteiger partial charge in [-0.15, -0.1) is 5.10 Å². The number of methoxy groups -OCH3 is 1. The van der Waals surface area contributed by atoms with Gasteiger partial charge in [0.1, 0.15) is 0 Å². The minimum Gasteiger partial charge on any atom is -0.382 e. The zero-order chi connectivity index (χ0) is 15.9. The number of fused-ring (bicyclic) bond motifs is 1. The van der Waals surface area contributed by atoms with Gasteiger partial charge in [0, 0.05) is 23.2 Å². The van der Waals surface area contributed by atoms with Crippen LogP contribution in [0.2, 0.25) is 0 Å². The Morgan fingerprint density at radius 1 is 1.35 bits per heavy atom. The van der Waals surface area contributed by atoms with Crippen molar-refractivity contribution in [2.24, 2.45) is 0 Å². The van der Waals surface area contributed by atoms with Gasteiger partial charge in [0.25, 0.3) is 0 Å². The van der Waals surface area contributed by atoms with E-state index < -0.39 is 0 Å². The molecule has 0 aromatic carbocycles. The predicted molar refractivity (Wildman–Crippen MR) is 94.0 cm³/mol. The van der Waals surface area contributed by atoms with Gasteiger partial charge in [-0.25, -0.2) is 9.50 Å². The summed E-state index contributed by atoms with van der Waals surface area (Å²) in [5.41, 5.74) is 2.40. The fraction of sp³-hybridized carbons (Fsp3) is 0.647. The third kappa shape index (κ3) is 2.98. The third-order valence-corrected chi connectivity index (χ3v) is 5.81. The van der Waals surface area contributed by atoms with Crippen molar-refractivity contribution in [2.45, 2.75) is 56.4 Å². The van der Waals surface area contributed by atoms with Crippen LogP contribution in [0.5, 0.6) is 0 Å². The van der Waals surface area contributed by atoms with Crippen molar-refractivity contribution in [2.75, 3.05) is 19.0 Å². The molecule has 0 bridgehead atoms. The van der Waals surface area contributed by atoms with Crippen LogP contribution in [0.15, 0.2) is 16.7 Å². The first-order chi connectivity index (χ1) is 11.2. The van der Waals surface area contributed by atoms with Crippen molar-refractivity contribution in [3.63, 3.8) is 0 Å². The summed E-state index contributed by atoms with van der Waals surface area (Å²) < 4.78 is 8.49. The van der Waals surface area contributed by atoms with Crippen LogP contribution in [-0.2, 0) is 4.74 Å². The van der Waals surface area contributed by atoms with Crippen molar-refractivity contribution in [1.29, 1.82) is 0 Å². The van der Waals surface area contributed by atoms with E-state index in [0.717, 1.165) is 22.8 Å².